The summed E-state index contributed by atoms with van der Waals surface area (Å²) in [6.45, 7) is 7.67. The second-order valence-electron chi connectivity index (χ2n) is 5.71. The highest BCUT2D eigenvalue weighted by molar-refractivity contribution is 5.79. The van der Waals surface area contributed by atoms with Gasteiger partial charge >= 0.3 is 5.97 Å². The summed E-state index contributed by atoms with van der Waals surface area (Å²) in [6.07, 6.45) is 1.50. The van der Waals surface area contributed by atoms with Gasteiger partial charge in [0.2, 0.25) is 0 Å². The molecule has 21 heavy (non-hydrogen) atoms. The Bertz CT molecular complexity index is 478. The smallest absolute Gasteiger partial charge is 0.320 e. The Kier molecular flexibility index (Phi) is 6.33. The van der Waals surface area contributed by atoms with E-state index >= 15 is 0 Å². The standard InChI is InChI=1S/C15H23N3O3/c1-11(16-10-14(19)21-15(2,3)4)13-7-5-12(6-8-13)9-17-18-20/h5-9,11,16,18,20H,10H2,1-4H3/b17-9-/t11-/m0/s1. The molecule has 0 aromatic heterocycles. The van der Waals surface area contributed by atoms with E-state index < -0.39 is 5.60 Å². The maximum absolute atomic E-state index is 11.6. The average Bonchev–Trinajstić information content (AvgIpc) is 2.41. The van der Waals surface area contributed by atoms with Crippen LogP contribution in [0, 0.1) is 0 Å². The number of nitrogens with zero attached hydrogens (tertiary/aromatic N) is 1. The quantitative estimate of drug-likeness (QED) is 0.424. The van der Waals surface area contributed by atoms with Crippen LogP contribution in [0.1, 0.15) is 44.9 Å². The number of nitrogens with one attached hydrogen (secondary N) is 2. The van der Waals surface area contributed by atoms with Crippen molar-refractivity contribution in [2.45, 2.75) is 39.3 Å². The van der Waals surface area contributed by atoms with Crippen molar-refractivity contribution in [1.82, 2.24) is 10.9 Å². The third kappa shape index (κ3) is 6.87. The predicted molar refractivity (Wildman–Crippen MR) is 81.2 cm³/mol. The van der Waals surface area contributed by atoms with E-state index in [4.69, 9.17) is 9.94 Å². The molecule has 1 atom stereocenters. The first-order chi connectivity index (χ1) is 9.81. The van der Waals surface area contributed by atoms with E-state index in [-0.39, 0.29) is 18.6 Å². The van der Waals surface area contributed by atoms with Gasteiger partial charge in [0, 0.05) is 6.04 Å². The summed E-state index contributed by atoms with van der Waals surface area (Å²) < 4.78 is 5.24. The van der Waals surface area contributed by atoms with Gasteiger partial charge in [0.25, 0.3) is 0 Å². The summed E-state index contributed by atoms with van der Waals surface area (Å²) in [5, 5.41) is 15.0. The van der Waals surface area contributed by atoms with E-state index in [9.17, 15) is 4.79 Å². The summed E-state index contributed by atoms with van der Waals surface area (Å²) in [5.74, 6) is -0.271. The molecule has 0 spiro atoms. The van der Waals surface area contributed by atoms with Gasteiger partial charge in [-0.3, -0.25) is 10.0 Å². The number of hydrazone groups is 1. The number of hydrogen-bond acceptors (Lipinski definition) is 6. The van der Waals surface area contributed by atoms with E-state index in [1.165, 1.54) is 6.21 Å². The zero-order chi connectivity index (χ0) is 15.9. The highest BCUT2D eigenvalue weighted by atomic mass is 16.6. The molecule has 1 rings (SSSR count). The van der Waals surface area contributed by atoms with Gasteiger partial charge in [-0.1, -0.05) is 24.3 Å². The molecular weight excluding hydrogens is 270 g/mol. The lowest BCUT2D eigenvalue weighted by molar-refractivity contribution is -0.153. The van der Waals surface area contributed by atoms with E-state index in [0.717, 1.165) is 11.1 Å². The minimum Gasteiger partial charge on any atom is -0.459 e. The second kappa shape index (κ2) is 7.75. The summed E-state index contributed by atoms with van der Waals surface area (Å²) >= 11 is 0. The molecule has 0 bridgehead atoms. The largest absolute Gasteiger partial charge is 0.459 e. The van der Waals surface area contributed by atoms with Crippen molar-refractivity contribution in [3.05, 3.63) is 35.4 Å². The number of carbonyl (C=O) groups is 1. The Hall–Kier alpha value is -1.92. The number of benzene rings is 1. The van der Waals surface area contributed by atoms with Gasteiger partial charge in [0.05, 0.1) is 12.8 Å². The highest BCUT2D eigenvalue weighted by Crippen LogP contribution is 2.13. The maximum Gasteiger partial charge on any atom is 0.320 e. The maximum atomic E-state index is 11.6. The van der Waals surface area contributed by atoms with Crippen molar-refractivity contribution >= 4 is 12.2 Å². The zero-order valence-corrected chi connectivity index (χ0v) is 12.9. The van der Waals surface area contributed by atoms with Gasteiger partial charge in [-0.2, -0.15) is 10.7 Å². The van der Waals surface area contributed by atoms with Crippen LogP contribution in [0.5, 0.6) is 0 Å². The van der Waals surface area contributed by atoms with Gasteiger partial charge in [-0.05, 0) is 38.8 Å². The number of esters is 1. The van der Waals surface area contributed by atoms with Crippen molar-refractivity contribution in [3.63, 3.8) is 0 Å². The van der Waals surface area contributed by atoms with Crippen LogP contribution in [0.2, 0.25) is 0 Å². The topological polar surface area (TPSA) is 83.0 Å². The summed E-state index contributed by atoms with van der Waals surface area (Å²) in [6, 6.07) is 7.65. The van der Waals surface area contributed by atoms with Crippen LogP contribution in [0.25, 0.3) is 0 Å². The van der Waals surface area contributed by atoms with Crippen LogP contribution < -0.4 is 10.9 Å². The van der Waals surface area contributed by atoms with E-state index in [1.807, 2.05) is 52.0 Å². The van der Waals surface area contributed by atoms with Crippen LogP contribution in [0.4, 0.5) is 0 Å². The molecule has 0 aliphatic rings. The van der Waals surface area contributed by atoms with Gasteiger partial charge in [0.15, 0.2) is 0 Å². The SMILES string of the molecule is C[C@H](NCC(=O)OC(C)(C)C)c1ccc(/C=N\NO)cc1. The summed E-state index contributed by atoms with van der Waals surface area (Å²) in [5.41, 5.74) is 3.15. The van der Waals surface area contributed by atoms with Gasteiger partial charge < -0.3 is 10.1 Å². The molecule has 0 aliphatic heterocycles. The molecule has 0 saturated heterocycles. The molecule has 0 fully saturated rings. The Morgan fingerprint density at radius 1 is 1.38 bits per heavy atom. The van der Waals surface area contributed by atoms with Crippen LogP contribution in [0.15, 0.2) is 29.4 Å². The Balaban J connectivity index is 2.50. The Morgan fingerprint density at radius 3 is 2.52 bits per heavy atom. The third-order valence-corrected chi connectivity index (χ3v) is 2.68. The number of hydrogen-bond donors (Lipinski definition) is 3. The predicted octanol–water partition coefficient (Wildman–Crippen LogP) is 1.99. The lowest BCUT2D eigenvalue weighted by atomic mass is 10.1. The van der Waals surface area contributed by atoms with Crippen molar-refractivity contribution in [2.24, 2.45) is 5.10 Å². The first-order valence-electron chi connectivity index (χ1n) is 6.79. The minimum atomic E-state index is -0.469. The molecule has 116 valence electrons. The fraction of sp³-hybridized carbons (Fsp3) is 0.467. The minimum absolute atomic E-state index is 0.0273. The molecule has 0 unspecified atom stereocenters. The zero-order valence-electron chi connectivity index (χ0n) is 12.9. The molecular formula is C15H23N3O3. The fourth-order valence-corrected chi connectivity index (χ4v) is 1.71. The Labute approximate surface area is 125 Å². The molecule has 0 radical (unpaired) electrons. The molecule has 1 aromatic carbocycles. The van der Waals surface area contributed by atoms with E-state index in [2.05, 4.69) is 10.4 Å². The molecule has 0 heterocycles. The lowest BCUT2D eigenvalue weighted by Gasteiger charge is -2.21. The number of ether oxygens (including phenoxy) is 1. The molecule has 0 amide bonds. The van der Waals surface area contributed by atoms with Gasteiger partial charge in [-0.15, -0.1) is 0 Å². The fourth-order valence-electron chi connectivity index (χ4n) is 1.71. The van der Waals surface area contributed by atoms with Crippen LogP contribution in [-0.4, -0.2) is 29.5 Å². The normalized spacial score (nSPS) is 13.2. The van der Waals surface area contributed by atoms with Crippen LogP contribution in [0.3, 0.4) is 0 Å². The summed E-state index contributed by atoms with van der Waals surface area (Å²) in [7, 11) is 0. The van der Waals surface area contributed by atoms with Crippen LogP contribution >= 0.6 is 0 Å². The monoisotopic (exact) mass is 293 g/mol. The molecule has 0 aliphatic carbocycles. The lowest BCUT2D eigenvalue weighted by Crippen LogP contribution is -2.32. The molecule has 3 N–H and O–H groups in total. The van der Waals surface area contributed by atoms with E-state index in [1.54, 1.807) is 5.59 Å². The summed E-state index contributed by atoms with van der Waals surface area (Å²) in [4.78, 5) is 11.6. The highest BCUT2D eigenvalue weighted by Gasteiger charge is 2.16. The second-order valence-corrected chi connectivity index (χ2v) is 5.71. The van der Waals surface area contributed by atoms with Gasteiger partial charge in [-0.25, -0.2) is 0 Å². The van der Waals surface area contributed by atoms with Crippen molar-refractivity contribution in [3.8, 4) is 0 Å². The van der Waals surface area contributed by atoms with E-state index in [0.29, 0.717) is 0 Å². The molecule has 6 nitrogen and oxygen atoms in total. The molecule has 6 heteroatoms. The Morgan fingerprint density at radius 2 is 2.00 bits per heavy atom. The van der Waals surface area contributed by atoms with Crippen molar-refractivity contribution in [2.75, 3.05) is 6.54 Å². The van der Waals surface area contributed by atoms with Crippen LogP contribution in [-0.2, 0) is 9.53 Å². The van der Waals surface area contributed by atoms with Crippen molar-refractivity contribution in [1.29, 1.82) is 0 Å². The molecule has 0 saturated carbocycles. The number of carbonyl (C=O) groups excluding carboxylic acids is 1. The van der Waals surface area contributed by atoms with Gasteiger partial charge in [0.1, 0.15) is 5.60 Å². The average molecular weight is 293 g/mol. The third-order valence-electron chi connectivity index (χ3n) is 2.68. The molecule has 1 aromatic rings. The number of rotatable bonds is 6. The first-order valence-corrected chi connectivity index (χ1v) is 6.79. The first kappa shape index (κ1) is 17.1. The van der Waals surface area contributed by atoms with Crippen molar-refractivity contribution < 1.29 is 14.7 Å².